The number of carbonyl (C=O) groups excluding carboxylic acids is 1. The summed E-state index contributed by atoms with van der Waals surface area (Å²) in [5.41, 5.74) is -0.133. The van der Waals surface area contributed by atoms with Gasteiger partial charge in [0.05, 0.1) is 0 Å². The molecule has 0 N–H and O–H groups in total. The highest BCUT2D eigenvalue weighted by Gasteiger charge is 2.34. The van der Waals surface area contributed by atoms with E-state index in [4.69, 9.17) is 0 Å². The molecular weight excluding hydrogens is 294 g/mol. The van der Waals surface area contributed by atoms with Crippen LogP contribution in [0.25, 0.3) is 0 Å². The molecule has 0 unspecified atom stereocenters. The lowest BCUT2D eigenvalue weighted by Gasteiger charge is -2.22. The third-order valence-electron chi connectivity index (χ3n) is 5.16. The van der Waals surface area contributed by atoms with Crippen molar-refractivity contribution in [2.45, 2.75) is 51.7 Å². The maximum atomic E-state index is 12.6. The van der Waals surface area contributed by atoms with Gasteiger partial charge in [-0.25, -0.2) is 9.48 Å². The smallest absolute Gasteiger partial charge is 0.339 e. The molecule has 1 saturated heterocycles. The molecule has 3 rings (SSSR count). The number of nitrogens with zero attached hydrogens (tertiary/aromatic N) is 5. The fraction of sp³-hybridized carbons (Fsp3) is 0.812. The Hall–Kier alpha value is -1.63. The van der Waals surface area contributed by atoms with Gasteiger partial charge in [0, 0.05) is 32.1 Å². The fourth-order valence-corrected chi connectivity index (χ4v) is 3.78. The molecular formula is C16H27N5O2. The first kappa shape index (κ1) is 16.2. The highest BCUT2D eigenvalue weighted by atomic mass is 16.2. The van der Waals surface area contributed by atoms with Gasteiger partial charge in [0.15, 0.2) is 0 Å². The number of carbonyl (C=O) groups is 1. The van der Waals surface area contributed by atoms with E-state index < -0.39 is 0 Å². The van der Waals surface area contributed by atoms with E-state index in [0.29, 0.717) is 12.0 Å². The molecule has 23 heavy (non-hydrogen) atoms. The van der Waals surface area contributed by atoms with Crippen molar-refractivity contribution in [1.82, 2.24) is 24.1 Å². The van der Waals surface area contributed by atoms with Gasteiger partial charge in [-0.3, -0.25) is 9.36 Å². The van der Waals surface area contributed by atoms with E-state index in [0.717, 1.165) is 51.1 Å². The van der Waals surface area contributed by atoms with Gasteiger partial charge in [-0.1, -0.05) is 13.3 Å². The molecule has 0 aliphatic carbocycles. The minimum Gasteiger partial charge on any atom is -0.339 e. The lowest BCUT2D eigenvalue weighted by molar-refractivity contribution is -0.131. The van der Waals surface area contributed by atoms with E-state index >= 15 is 0 Å². The normalized spacial score (nSPS) is 24.8. The SMILES string of the molecule is C[C@H]1CN(C(=O)Cn2nc3n(c2=O)CCCCC3)C[C@@H]1N(C)C. The molecule has 7 nitrogen and oxygen atoms in total. The first-order valence-electron chi connectivity index (χ1n) is 8.58. The largest absolute Gasteiger partial charge is 0.346 e. The Morgan fingerprint density at radius 1 is 1.26 bits per heavy atom. The quantitative estimate of drug-likeness (QED) is 0.797. The van der Waals surface area contributed by atoms with Crippen LogP contribution in [0, 0.1) is 5.92 Å². The van der Waals surface area contributed by atoms with E-state index in [-0.39, 0.29) is 18.1 Å². The van der Waals surface area contributed by atoms with Gasteiger partial charge in [-0.15, -0.1) is 0 Å². The number of hydrogen-bond donors (Lipinski definition) is 0. The van der Waals surface area contributed by atoms with Crippen molar-refractivity contribution in [1.29, 1.82) is 0 Å². The van der Waals surface area contributed by atoms with Crippen molar-refractivity contribution in [2.75, 3.05) is 27.2 Å². The predicted molar refractivity (Wildman–Crippen MR) is 87.3 cm³/mol. The van der Waals surface area contributed by atoms with Gasteiger partial charge in [0.1, 0.15) is 12.4 Å². The van der Waals surface area contributed by atoms with Crippen LogP contribution in [0.3, 0.4) is 0 Å². The van der Waals surface area contributed by atoms with Gasteiger partial charge < -0.3 is 9.80 Å². The summed E-state index contributed by atoms with van der Waals surface area (Å²) in [4.78, 5) is 29.0. The van der Waals surface area contributed by atoms with Crippen LogP contribution < -0.4 is 5.69 Å². The molecule has 1 aromatic rings. The zero-order valence-electron chi connectivity index (χ0n) is 14.4. The van der Waals surface area contributed by atoms with Gasteiger partial charge >= 0.3 is 5.69 Å². The molecule has 0 saturated carbocycles. The van der Waals surface area contributed by atoms with Gasteiger partial charge in [0.25, 0.3) is 0 Å². The van der Waals surface area contributed by atoms with Crippen LogP contribution in [0.2, 0.25) is 0 Å². The fourth-order valence-electron chi connectivity index (χ4n) is 3.78. The van der Waals surface area contributed by atoms with Crippen molar-refractivity contribution in [3.8, 4) is 0 Å². The molecule has 1 fully saturated rings. The summed E-state index contributed by atoms with van der Waals surface area (Å²) >= 11 is 0. The van der Waals surface area contributed by atoms with E-state index in [9.17, 15) is 9.59 Å². The first-order valence-corrected chi connectivity index (χ1v) is 8.58. The van der Waals surface area contributed by atoms with Gasteiger partial charge in [-0.2, -0.15) is 5.10 Å². The standard InChI is InChI=1S/C16H27N5O2/c1-12-9-19(10-13(12)18(2)3)15(22)11-21-16(23)20-8-6-4-5-7-14(20)17-21/h12-13H,4-11H2,1-3H3/t12-,13-/m0/s1. The molecule has 1 amide bonds. The summed E-state index contributed by atoms with van der Waals surface area (Å²) in [5, 5.41) is 4.40. The predicted octanol–water partition coefficient (Wildman–Crippen LogP) is 0.180. The number of likely N-dealkylation sites (N-methyl/N-ethyl adjacent to an activating group) is 1. The van der Waals surface area contributed by atoms with E-state index in [1.807, 2.05) is 19.0 Å². The molecule has 7 heteroatoms. The second-order valence-electron chi connectivity index (χ2n) is 7.13. The first-order chi connectivity index (χ1) is 11.0. The van der Waals surface area contributed by atoms with Crippen molar-refractivity contribution in [2.24, 2.45) is 5.92 Å². The number of hydrogen-bond acceptors (Lipinski definition) is 4. The second-order valence-corrected chi connectivity index (χ2v) is 7.13. The van der Waals surface area contributed by atoms with Crippen LogP contribution in [0.5, 0.6) is 0 Å². The third kappa shape index (κ3) is 3.20. The van der Waals surface area contributed by atoms with Crippen molar-refractivity contribution < 1.29 is 4.79 Å². The van der Waals surface area contributed by atoms with Crippen LogP contribution in [0.1, 0.15) is 32.0 Å². The van der Waals surface area contributed by atoms with Crippen LogP contribution >= 0.6 is 0 Å². The van der Waals surface area contributed by atoms with Crippen LogP contribution in [0.4, 0.5) is 0 Å². The summed E-state index contributed by atoms with van der Waals surface area (Å²) in [7, 11) is 4.10. The van der Waals surface area contributed by atoms with Gasteiger partial charge in [-0.05, 0) is 32.9 Å². The average Bonchev–Trinajstić information content (AvgIpc) is 2.92. The maximum absolute atomic E-state index is 12.6. The van der Waals surface area contributed by atoms with Gasteiger partial charge in [0.2, 0.25) is 5.91 Å². The summed E-state index contributed by atoms with van der Waals surface area (Å²) in [6.07, 6.45) is 4.05. The molecule has 2 atom stereocenters. The summed E-state index contributed by atoms with van der Waals surface area (Å²) in [6, 6.07) is 0.384. The lowest BCUT2D eigenvalue weighted by atomic mass is 10.1. The number of aromatic nitrogens is 3. The van der Waals surface area contributed by atoms with Crippen LogP contribution in [0.15, 0.2) is 4.79 Å². The Bertz CT molecular complexity index is 633. The van der Waals surface area contributed by atoms with E-state index in [2.05, 4.69) is 16.9 Å². The Morgan fingerprint density at radius 3 is 2.74 bits per heavy atom. The molecule has 3 heterocycles. The van der Waals surface area contributed by atoms with Crippen molar-refractivity contribution in [3.63, 3.8) is 0 Å². The molecule has 0 bridgehead atoms. The zero-order valence-corrected chi connectivity index (χ0v) is 14.4. The van der Waals surface area contributed by atoms with E-state index in [1.165, 1.54) is 4.68 Å². The number of rotatable bonds is 3. The molecule has 2 aliphatic heterocycles. The molecule has 0 spiro atoms. The van der Waals surface area contributed by atoms with E-state index in [1.54, 1.807) is 4.57 Å². The topological polar surface area (TPSA) is 63.4 Å². The highest BCUT2D eigenvalue weighted by molar-refractivity contribution is 5.76. The van der Waals surface area contributed by atoms with Crippen LogP contribution in [-0.2, 0) is 24.3 Å². The molecule has 0 aromatic carbocycles. The lowest BCUT2D eigenvalue weighted by Crippen LogP contribution is -2.38. The third-order valence-corrected chi connectivity index (χ3v) is 5.16. The Morgan fingerprint density at radius 2 is 2.04 bits per heavy atom. The maximum Gasteiger partial charge on any atom is 0.346 e. The molecule has 2 aliphatic rings. The summed E-state index contributed by atoms with van der Waals surface area (Å²) in [5.74, 6) is 1.28. The minimum absolute atomic E-state index is 0.00319. The number of fused-ring (bicyclic) bond motifs is 1. The van der Waals surface area contributed by atoms with Crippen molar-refractivity contribution in [3.05, 3.63) is 16.3 Å². The minimum atomic E-state index is -0.133. The number of likely N-dealkylation sites (tertiary alicyclic amines) is 1. The average molecular weight is 321 g/mol. The second kappa shape index (κ2) is 6.47. The highest BCUT2D eigenvalue weighted by Crippen LogP contribution is 2.20. The Labute approximate surface area is 136 Å². The summed E-state index contributed by atoms with van der Waals surface area (Å²) in [6.45, 7) is 4.44. The molecule has 1 aromatic heterocycles. The monoisotopic (exact) mass is 321 g/mol. The number of aryl methyl sites for hydroxylation is 1. The summed E-state index contributed by atoms with van der Waals surface area (Å²) < 4.78 is 3.10. The molecule has 128 valence electrons. The van der Waals surface area contributed by atoms with Crippen molar-refractivity contribution >= 4 is 5.91 Å². The molecule has 0 radical (unpaired) electrons. The zero-order chi connectivity index (χ0) is 16.6. The van der Waals surface area contributed by atoms with Crippen LogP contribution in [-0.4, -0.2) is 63.3 Å². The Kier molecular flexibility index (Phi) is 4.57. The Balaban J connectivity index is 1.71. The number of amides is 1.